The van der Waals surface area contributed by atoms with Crippen LogP contribution in [-0.2, 0) is 39.5 Å². The van der Waals surface area contributed by atoms with Crippen molar-refractivity contribution in [2.24, 2.45) is 0 Å². The van der Waals surface area contributed by atoms with Gasteiger partial charge >= 0.3 is 29.6 Å². The van der Waals surface area contributed by atoms with Gasteiger partial charge in [0.15, 0.2) is 6.79 Å². The minimum absolute atomic E-state index is 0.100. The van der Waals surface area contributed by atoms with Gasteiger partial charge in [-0.15, -0.1) is 0 Å². The van der Waals surface area contributed by atoms with Crippen LogP contribution >= 0.6 is 0 Å². The average molecular weight is 907 g/mol. The number of aryl methyl sites for hydroxylation is 2. The van der Waals surface area contributed by atoms with E-state index >= 15 is 0 Å². The molecule has 0 N–H and O–H groups in total. The van der Waals surface area contributed by atoms with Crippen molar-refractivity contribution in [2.45, 2.75) is 90.6 Å². The molecule has 0 bridgehead atoms. The van der Waals surface area contributed by atoms with Crippen LogP contribution in [0.15, 0.2) is 116 Å². The maximum absolute atomic E-state index is 14.3. The first-order valence-corrected chi connectivity index (χ1v) is 21.2. The summed E-state index contributed by atoms with van der Waals surface area (Å²) in [6.07, 6.45) is -4.50. The summed E-state index contributed by atoms with van der Waals surface area (Å²) < 4.78 is 120. The number of esters is 1. The van der Waals surface area contributed by atoms with E-state index in [1.54, 1.807) is 12.1 Å². The molecule has 0 aliphatic rings. The third-order valence-electron chi connectivity index (χ3n) is 10.6. The Kier molecular flexibility index (Phi) is 15.6. The molecule has 0 saturated heterocycles. The molecule has 15 heteroatoms. The quantitative estimate of drug-likeness (QED) is 0.0184. The molecule has 344 valence electrons. The number of carbonyl (C=O) groups is 1. The van der Waals surface area contributed by atoms with Gasteiger partial charge in [-0.05, 0) is 104 Å². The molecular formula is C50H48F6O9. The van der Waals surface area contributed by atoms with Gasteiger partial charge in [0.25, 0.3) is 0 Å². The van der Waals surface area contributed by atoms with E-state index in [1.807, 2.05) is 13.8 Å². The summed E-state index contributed by atoms with van der Waals surface area (Å²) in [5, 5.41) is 0.544. The van der Waals surface area contributed by atoms with E-state index in [4.69, 9.17) is 27.8 Å². The highest BCUT2D eigenvalue weighted by molar-refractivity contribution is 5.87. The Morgan fingerprint density at radius 2 is 1.06 bits per heavy atom. The van der Waals surface area contributed by atoms with Gasteiger partial charge in [0, 0.05) is 27.5 Å². The third-order valence-corrected chi connectivity index (χ3v) is 10.6. The first kappa shape index (κ1) is 48.1. The van der Waals surface area contributed by atoms with E-state index in [1.165, 1.54) is 67.6 Å². The Balaban J connectivity index is 1.23. The number of hydrogen-bond acceptors (Lipinski definition) is 9. The summed E-state index contributed by atoms with van der Waals surface area (Å²) in [4.78, 5) is 38.2. The monoisotopic (exact) mass is 906 g/mol. The average Bonchev–Trinajstić information content (AvgIpc) is 3.26. The largest absolute Gasteiger partial charge is 0.491 e. The molecule has 6 rings (SSSR count). The third kappa shape index (κ3) is 12.5. The van der Waals surface area contributed by atoms with Crippen molar-refractivity contribution in [1.82, 2.24) is 0 Å². The van der Waals surface area contributed by atoms with Crippen molar-refractivity contribution in [3.63, 3.8) is 0 Å². The molecule has 0 aliphatic carbocycles. The molecule has 0 amide bonds. The van der Waals surface area contributed by atoms with Crippen molar-refractivity contribution in [3.05, 3.63) is 140 Å². The number of fused-ring (bicyclic) bond motifs is 2. The number of hydrogen-bond donors (Lipinski definition) is 0. The molecule has 65 heavy (non-hydrogen) atoms. The fraction of sp³-hybridized carbons (Fsp3) is 0.340. The number of unbranched alkanes of at least 4 members (excludes halogenated alkanes) is 4. The lowest BCUT2D eigenvalue weighted by molar-refractivity contribution is -0.159. The Morgan fingerprint density at radius 1 is 0.615 bits per heavy atom. The highest BCUT2D eigenvalue weighted by atomic mass is 19.4. The van der Waals surface area contributed by atoms with Gasteiger partial charge in [-0.3, -0.25) is 0 Å². The van der Waals surface area contributed by atoms with Gasteiger partial charge in [-0.2, -0.15) is 26.3 Å². The zero-order valence-corrected chi connectivity index (χ0v) is 36.1. The number of halogens is 6. The normalized spacial score (nSPS) is 12.0. The van der Waals surface area contributed by atoms with Crippen LogP contribution in [-0.4, -0.2) is 32.1 Å². The van der Waals surface area contributed by atoms with Gasteiger partial charge < -0.3 is 27.8 Å². The molecule has 0 aliphatic heterocycles. The Hall–Kier alpha value is -6.35. The highest BCUT2D eigenvalue weighted by Gasteiger charge is 2.36. The summed E-state index contributed by atoms with van der Waals surface area (Å²) in [5.41, 5.74) is -3.67. The number of ether oxygens (including phenoxy) is 4. The molecule has 0 fully saturated rings. The predicted molar refractivity (Wildman–Crippen MR) is 234 cm³/mol. The van der Waals surface area contributed by atoms with Gasteiger partial charge in [-0.25, -0.2) is 14.4 Å². The number of benzene rings is 4. The standard InChI is InChI=1S/C50H48F6O9/c1-5-7-9-11-31-13-17-38(42(21-31)49(51,52)53)40-25-33-23-35(15-19-44(33)64-47(40)58)60-27-37(62-29-63-46(57)30(3)4)28-61-36-16-20-45-34(24-36)26-41(48(59)65-45)39-18-14-32(12-10-8-6-2)22-43(39)50(54,55)56/h13-26,37H,3,5-12,27-29H2,1-2,4H3. The molecule has 2 aromatic heterocycles. The van der Waals surface area contributed by atoms with Crippen LogP contribution in [0.2, 0.25) is 0 Å². The summed E-state index contributed by atoms with van der Waals surface area (Å²) in [6.45, 7) is 8.01. The molecular weight excluding hydrogens is 859 g/mol. The van der Waals surface area contributed by atoms with Gasteiger partial charge in [0.2, 0.25) is 0 Å². The molecule has 0 saturated carbocycles. The second-order valence-electron chi connectivity index (χ2n) is 15.7. The van der Waals surface area contributed by atoms with E-state index in [2.05, 4.69) is 6.58 Å². The molecule has 2 heterocycles. The van der Waals surface area contributed by atoms with E-state index in [0.29, 0.717) is 24.0 Å². The van der Waals surface area contributed by atoms with Gasteiger partial charge in [-0.1, -0.05) is 70.4 Å². The second-order valence-corrected chi connectivity index (χ2v) is 15.7. The van der Waals surface area contributed by atoms with E-state index in [0.717, 1.165) is 50.7 Å². The zero-order valence-electron chi connectivity index (χ0n) is 36.1. The summed E-state index contributed by atoms with van der Waals surface area (Å²) in [6, 6.07) is 19.3. The summed E-state index contributed by atoms with van der Waals surface area (Å²) in [7, 11) is 0. The first-order valence-electron chi connectivity index (χ1n) is 21.2. The van der Waals surface area contributed by atoms with Crippen LogP contribution in [0.4, 0.5) is 26.3 Å². The molecule has 9 nitrogen and oxygen atoms in total. The maximum atomic E-state index is 14.3. The maximum Gasteiger partial charge on any atom is 0.417 e. The van der Waals surface area contributed by atoms with Crippen LogP contribution < -0.4 is 20.7 Å². The summed E-state index contributed by atoms with van der Waals surface area (Å²) in [5.74, 6) is -0.288. The molecule has 0 spiro atoms. The van der Waals surface area contributed by atoms with Crippen LogP contribution in [0.5, 0.6) is 11.5 Å². The SMILES string of the molecule is C=C(C)C(=O)OCOC(COc1ccc2oc(=O)c(-c3ccc(CCCCC)cc3C(F)(F)F)cc2c1)COc1ccc2oc(=O)c(-c3ccc(CCCCC)cc3C(F)(F)F)cc2c1. The van der Waals surface area contributed by atoms with Crippen molar-refractivity contribution in [3.8, 4) is 33.8 Å². The fourth-order valence-corrected chi connectivity index (χ4v) is 7.18. The lowest BCUT2D eigenvalue weighted by Crippen LogP contribution is -2.30. The van der Waals surface area contributed by atoms with Crippen molar-refractivity contribution in [1.29, 1.82) is 0 Å². The number of rotatable bonds is 20. The smallest absolute Gasteiger partial charge is 0.417 e. The van der Waals surface area contributed by atoms with Crippen LogP contribution in [0.25, 0.3) is 44.2 Å². The van der Waals surface area contributed by atoms with Crippen molar-refractivity contribution >= 4 is 27.9 Å². The van der Waals surface area contributed by atoms with Gasteiger partial charge in [0.1, 0.15) is 42.0 Å². The van der Waals surface area contributed by atoms with Crippen LogP contribution in [0, 0.1) is 0 Å². The molecule has 4 aromatic carbocycles. The van der Waals surface area contributed by atoms with E-state index in [9.17, 15) is 40.7 Å². The Morgan fingerprint density at radius 3 is 1.46 bits per heavy atom. The minimum atomic E-state index is -4.75. The first-order chi connectivity index (χ1) is 30.9. The van der Waals surface area contributed by atoms with Crippen LogP contribution in [0.3, 0.4) is 0 Å². The van der Waals surface area contributed by atoms with E-state index < -0.39 is 53.6 Å². The predicted octanol–water partition coefficient (Wildman–Crippen LogP) is 12.7. The minimum Gasteiger partial charge on any atom is -0.491 e. The van der Waals surface area contributed by atoms with Crippen molar-refractivity contribution < 1.29 is 58.9 Å². The van der Waals surface area contributed by atoms with E-state index in [-0.39, 0.29) is 74.5 Å². The lowest BCUT2D eigenvalue weighted by Gasteiger charge is -2.19. The highest BCUT2D eigenvalue weighted by Crippen LogP contribution is 2.40. The molecule has 6 aromatic rings. The Bertz CT molecular complexity index is 2600. The molecule has 0 radical (unpaired) electrons. The Labute approximate surface area is 370 Å². The van der Waals surface area contributed by atoms with Crippen molar-refractivity contribution in [2.75, 3.05) is 20.0 Å². The second kappa shape index (κ2) is 21.1. The number of carbonyl (C=O) groups excluding carboxylic acids is 1. The lowest BCUT2D eigenvalue weighted by atomic mass is 9.95. The van der Waals surface area contributed by atoms with Crippen LogP contribution in [0.1, 0.15) is 81.5 Å². The zero-order chi connectivity index (χ0) is 46.9. The van der Waals surface area contributed by atoms with Gasteiger partial charge in [0.05, 0.1) is 22.3 Å². The fourth-order valence-electron chi connectivity index (χ4n) is 7.18. The molecule has 0 atom stereocenters. The topological polar surface area (TPSA) is 114 Å². The molecule has 0 unspecified atom stereocenters. The summed E-state index contributed by atoms with van der Waals surface area (Å²) >= 11 is 0. The number of alkyl halides is 6.